The monoisotopic (exact) mass is 408 g/mol. The van der Waals surface area contributed by atoms with Crippen molar-refractivity contribution in [2.75, 3.05) is 0 Å². The normalized spacial score (nSPS) is 19.4. The van der Waals surface area contributed by atoms with E-state index in [1.807, 2.05) is 6.92 Å². The van der Waals surface area contributed by atoms with Gasteiger partial charge in [-0.1, -0.05) is 19.9 Å². The zero-order valence-electron chi connectivity index (χ0n) is 16.5. The Labute approximate surface area is 171 Å². The van der Waals surface area contributed by atoms with Gasteiger partial charge in [0.25, 0.3) is 5.56 Å². The number of aromatic nitrogens is 2. The molecule has 0 spiro atoms. The lowest BCUT2D eigenvalue weighted by atomic mass is 9.85. The lowest BCUT2D eigenvalue weighted by Gasteiger charge is -2.32. The molecule has 0 bridgehead atoms. The Balaban J connectivity index is 1.87. The molecule has 2 aromatic heterocycles. The van der Waals surface area contributed by atoms with E-state index in [1.54, 1.807) is 25.1 Å². The highest BCUT2D eigenvalue weighted by Crippen LogP contribution is 2.46. The Morgan fingerprint density at radius 2 is 2.00 bits per heavy atom. The maximum Gasteiger partial charge on any atom is 0.343 e. The number of hydrogen-bond donors (Lipinski definition) is 3. The number of aryl methyl sites for hydroxylation is 1. The van der Waals surface area contributed by atoms with Crippen molar-refractivity contribution in [3.05, 3.63) is 50.8 Å². The summed E-state index contributed by atoms with van der Waals surface area (Å²) in [6.07, 6.45) is 0.633. The zero-order valence-corrected chi connectivity index (χ0v) is 16.5. The molecule has 0 amide bonds. The standard InChI is InChI=1S/C22H20N2O6/c1-3-10-5-6-14(25)12-7-11-8-24-18(17(11)23-16(10)12)19(26)15-13(20(24)27)9-30-21(28)22(15,29)4-2/h5-7,25-26,29H,3-4,8-9H2,1-2H3/t22-/m0/s1. The molecular formula is C22H20N2O6. The summed E-state index contributed by atoms with van der Waals surface area (Å²) in [6.45, 7) is 3.40. The van der Waals surface area contributed by atoms with Crippen LogP contribution in [0.4, 0.5) is 0 Å². The highest BCUT2D eigenvalue weighted by molar-refractivity contribution is 5.92. The Bertz CT molecular complexity index is 1330. The number of pyridine rings is 2. The second-order valence-corrected chi connectivity index (χ2v) is 7.72. The largest absolute Gasteiger partial charge is 0.507 e. The van der Waals surface area contributed by atoms with Crippen LogP contribution < -0.4 is 5.56 Å². The Hall–Kier alpha value is -3.39. The van der Waals surface area contributed by atoms with Crippen molar-refractivity contribution in [2.45, 2.75) is 45.4 Å². The first kappa shape index (κ1) is 18.6. The number of hydrogen-bond acceptors (Lipinski definition) is 7. The van der Waals surface area contributed by atoms with Gasteiger partial charge in [0.15, 0.2) is 5.60 Å². The number of rotatable bonds is 2. The van der Waals surface area contributed by atoms with Gasteiger partial charge in [0.1, 0.15) is 23.8 Å². The lowest BCUT2D eigenvalue weighted by Crippen LogP contribution is -2.44. The number of phenols is 1. The van der Waals surface area contributed by atoms with Crippen LogP contribution in [0.25, 0.3) is 22.3 Å². The van der Waals surface area contributed by atoms with E-state index < -0.39 is 17.1 Å². The van der Waals surface area contributed by atoms with E-state index >= 15 is 0 Å². The molecule has 0 aliphatic carbocycles. The first-order valence-corrected chi connectivity index (χ1v) is 9.85. The molecule has 0 saturated heterocycles. The Morgan fingerprint density at radius 1 is 1.23 bits per heavy atom. The van der Waals surface area contributed by atoms with Gasteiger partial charge in [-0.05, 0) is 30.5 Å². The second kappa shape index (κ2) is 6.06. The maximum absolute atomic E-state index is 13.2. The smallest absolute Gasteiger partial charge is 0.343 e. The molecule has 0 unspecified atom stereocenters. The van der Waals surface area contributed by atoms with Crippen molar-refractivity contribution in [3.8, 4) is 22.9 Å². The average molecular weight is 408 g/mol. The molecule has 3 N–H and O–H groups in total. The predicted molar refractivity (Wildman–Crippen MR) is 107 cm³/mol. The van der Waals surface area contributed by atoms with Gasteiger partial charge >= 0.3 is 5.97 Å². The number of benzene rings is 1. The maximum atomic E-state index is 13.2. The van der Waals surface area contributed by atoms with Crippen molar-refractivity contribution in [2.24, 2.45) is 0 Å². The van der Waals surface area contributed by atoms with Gasteiger partial charge < -0.3 is 20.1 Å². The van der Waals surface area contributed by atoms with Crippen molar-refractivity contribution in [1.82, 2.24) is 9.55 Å². The number of cyclic esters (lactones) is 1. The van der Waals surface area contributed by atoms with Crippen LogP contribution >= 0.6 is 0 Å². The van der Waals surface area contributed by atoms with Gasteiger partial charge in [0, 0.05) is 10.9 Å². The summed E-state index contributed by atoms with van der Waals surface area (Å²) < 4.78 is 6.41. The number of carbonyl (C=O) groups excluding carboxylic acids is 1. The molecule has 154 valence electrons. The second-order valence-electron chi connectivity index (χ2n) is 7.72. The molecule has 5 rings (SSSR count). The number of esters is 1. The number of phenolic OH excluding ortho intramolecular Hbond substituents is 1. The number of aliphatic hydroxyl groups is 1. The molecule has 0 radical (unpaired) electrons. The summed E-state index contributed by atoms with van der Waals surface area (Å²) in [7, 11) is 0. The topological polar surface area (TPSA) is 122 Å². The number of ether oxygens (including phenoxy) is 1. The minimum Gasteiger partial charge on any atom is -0.507 e. The van der Waals surface area contributed by atoms with Crippen LogP contribution in [0, 0.1) is 0 Å². The number of nitrogens with zero attached hydrogens (tertiary/aromatic N) is 2. The molecule has 2 aliphatic heterocycles. The Morgan fingerprint density at radius 3 is 2.70 bits per heavy atom. The summed E-state index contributed by atoms with van der Waals surface area (Å²) in [5.74, 6) is -1.14. The molecule has 1 aromatic carbocycles. The summed E-state index contributed by atoms with van der Waals surface area (Å²) in [5.41, 5.74) is 0.150. The van der Waals surface area contributed by atoms with Gasteiger partial charge in [-0.15, -0.1) is 0 Å². The minimum absolute atomic E-state index is 0.0544. The highest BCUT2D eigenvalue weighted by Gasteiger charge is 2.48. The molecule has 0 fully saturated rings. The van der Waals surface area contributed by atoms with Crippen LogP contribution in [0.2, 0.25) is 0 Å². The lowest BCUT2D eigenvalue weighted by molar-refractivity contribution is -0.172. The molecule has 3 aromatic rings. The molecule has 8 heteroatoms. The molecular weight excluding hydrogens is 388 g/mol. The van der Waals surface area contributed by atoms with Crippen molar-refractivity contribution in [3.63, 3.8) is 0 Å². The van der Waals surface area contributed by atoms with Gasteiger partial charge in [0.05, 0.1) is 28.9 Å². The van der Waals surface area contributed by atoms with Crippen LogP contribution in [0.1, 0.15) is 42.5 Å². The van der Waals surface area contributed by atoms with Gasteiger partial charge in [0.2, 0.25) is 0 Å². The first-order chi connectivity index (χ1) is 14.3. The third-order valence-corrected chi connectivity index (χ3v) is 6.20. The summed E-state index contributed by atoms with van der Waals surface area (Å²) >= 11 is 0. The summed E-state index contributed by atoms with van der Waals surface area (Å²) in [5, 5.41) is 33.0. The quantitative estimate of drug-likeness (QED) is 0.434. The summed E-state index contributed by atoms with van der Waals surface area (Å²) in [4.78, 5) is 30.2. The third kappa shape index (κ3) is 2.16. The predicted octanol–water partition coefficient (Wildman–Crippen LogP) is 2.05. The van der Waals surface area contributed by atoms with Crippen LogP contribution in [0.3, 0.4) is 0 Å². The van der Waals surface area contributed by atoms with E-state index in [1.165, 1.54) is 4.57 Å². The number of fused-ring (bicyclic) bond motifs is 5. The van der Waals surface area contributed by atoms with E-state index in [2.05, 4.69) is 0 Å². The van der Waals surface area contributed by atoms with Crippen LogP contribution in [0.15, 0.2) is 23.0 Å². The highest BCUT2D eigenvalue weighted by atomic mass is 16.6. The van der Waals surface area contributed by atoms with Crippen LogP contribution in [-0.4, -0.2) is 30.8 Å². The van der Waals surface area contributed by atoms with E-state index in [0.29, 0.717) is 28.6 Å². The molecule has 30 heavy (non-hydrogen) atoms. The third-order valence-electron chi connectivity index (χ3n) is 6.20. The molecule has 8 nitrogen and oxygen atoms in total. The molecule has 1 atom stereocenters. The van der Waals surface area contributed by atoms with Gasteiger partial charge in [-0.3, -0.25) is 9.36 Å². The van der Waals surface area contributed by atoms with Crippen LogP contribution in [-0.2, 0) is 34.7 Å². The number of carbonyl (C=O) groups is 1. The van der Waals surface area contributed by atoms with E-state index in [4.69, 9.17) is 9.72 Å². The molecule has 2 aliphatic rings. The fourth-order valence-corrected chi connectivity index (χ4v) is 4.54. The SMILES string of the molecule is CCc1ccc(O)c2cc3c(nc12)-c1c(O)c2c(c(=O)n1C3)COC(=O)[C@]2(O)CC. The molecule has 0 saturated carbocycles. The van der Waals surface area contributed by atoms with Crippen LogP contribution in [0.5, 0.6) is 11.5 Å². The average Bonchev–Trinajstić information content (AvgIpc) is 3.12. The van der Waals surface area contributed by atoms with Crippen molar-refractivity contribution in [1.29, 1.82) is 0 Å². The van der Waals surface area contributed by atoms with Crippen molar-refractivity contribution < 1.29 is 24.9 Å². The number of aromatic hydroxyl groups is 2. The van der Waals surface area contributed by atoms with E-state index in [0.717, 1.165) is 5.56 Å². The fourth-order valence-electron chi connectivity index (χ4n) is 4.54. The first-order valence-electron chi connectivity index (χ1n) is 9.85. The zero-order chi connectivity index (χ0) is 21.4. The Kier molecular flexibility index (Phi) is 3.76. The minimum atomic E-state index is -2.10. The van der Waals surface area contributed by atoms with E-state index in [9.17, 15) is 24.9 Å². The molecule has 4 heterocycles. The van der Waals surface area contributed by atoms with Crippen molar-refractivity contribution >= 4 is 16.9 Å². The fraction of sp³-hybridized carbons (Fsp3) is 0.318. The summed E-state index contributed by atoms with van der Waals surface area (Å²) in [6, 6.07) is 5.17. The van der Waals surface area contributed by atoms with Gasteiger partial charge in [-0.25, -0.2) is 9.78 Å². The van der Waals surface area contributed by atoms with Gasteiger partial charge in [-0.2, -0.15) is 0 Å². The van der Waals surface area contributed by atoms with E-state index in [-0.39, 0.29) is 47.9 Å².